The van der Waals surface area contributed by atoms with Crippen molar-refractivity contribution in [1.82, 2.24) is 4.98 Å². The Balaban J connectivity index is 1.98. The minimum Gasteiger partial charge on any atom is -0.439 e. The van der Waals surface area contributed by atoms with E-state index in [1.54, 1.807) is 6.20 Å². The quantitative estimate of drug-likeness (QED) is 0.857. The Morgan fingerprint density at radius 3 is 2.37 bits per heavy atom. The van der Waals surface area contributed by atoms with Crippen molar-refractivity contribution in [3.8, 4) is 11.6 Å². The maximum atomic E-state index is 5.69. The van der Waals surface area contributed by atoms with Crippen molar-refractivity contribution in [2.24, 2.45) is 5.73 Å². The summed E-state index contributed by atoms with van der Waals surface area (Å²) in [5.74, 6) is 1.41. The molecule has 100 valence electrons. The van der Waals surface area contributed by atoms with Crippen molar-refractivity contribution in [2.45, 2.75) is 32.7 Å². The van der Waals surface area contributed by atoms with Gasteiger partial charge in [0.2, 0.25) is 5.88 Å². The van der Waals surface area contributed by atoms with Gasteiger partial charge in [-0.15, -0.1) is 0 Å². The molecule has 0 fully saturated rings. The molecule has 2 rings (SSSR count). The van der Waals surface area contributed by atoms with E-state index in [0.29, 0.717) is 12.4 Å². The van der Waals surface area contributed by atoms with Gasteiger partial charge in [0, 0.05) is 18.8 Å². The van der Waals surface area contributed by atoms with E-state index < -0.39 is 0 Å². The van der Waals surface area contributed by atoms with Crippen molar-refractivity contribution in [3.63, 3.8) is 0 Å². The fraction of sp³-hybridized carbons (Fsp3) is 0.312. The van der Waals surface area contributed by atoms with Crippen molar-refractivity contribution in [3.05, 3.63) is 53.7 Å². The fourth-order valence-electron chi connectivity index (χ4n) is 1.82. The number of ether oxygens (including phenoxy) is 1. The van der Waals surface area contributed by atoms with Gasteiger partial charge in [0.25, 0.3) is 0 Å². The third-order valence-corrected chi connectivity index (χ3v) is 3.00. The summed E-state index contributed by atoms with van der Waals surface area (Å²) in [5.41, 5.74) is 7.88. The number of benzene rings is 1. The van der Waals surface area contributed by atoms with Gasteiger partial charge in [0.1, 0.15) is 5.75 Å². The maximum absolute atomic E-state index is 5.69. The smallest absolute Gasteiger partial charge is 0.219 e. The lowest BCUT2D eigenvalue weighted by molar-refractivity contribution is 0.462. The minimum absolute atomic E-state index is 0.499. The van der Waals surface area contributed by atoms with Crippen LogP contribution in [0.5, 0.6) is 11.6 Å². The Labute approximate surface area is 114 Å². The number of hydrogen-bond acceptors (Lipinski definition) is 3. The molecule has 1 aromatic heterocycles. The van der Waals surface area contributed by atoms with E-state index >= 15 is 0 Å². The Morgan fingerprint density at radius 2 is 1.79 bits per heavy atom. The largest absolute Gasteiger partial charge is 0.439 e. The minimum atomic E-state index is 0.499. The predicted molar refractivity (Wildman–Crippen MR) is 77.3 cm³/mol. The van der Waals surface area contributed by atoms with Crippen LogP contribution in [0.3, 0.4) is 0 Å². The zero-order valence-electron chi connectivity index (χ0n) is 11.3. The number of rotatable bonds is 6. The maximum Gasteiger partial charge on any atom is 0.219 e. The molecular formula is C16H20N2O. The van der Waals surface area contributed by atoms with Gasteiger partial charge in [0.05, 0.1) is 0 Å². The highest BCUT2D eigenvalue weighted by Gasteiger charge is 1.99. The Morgan fingerprint density at radius 1 is 1.05 bits per heavy atom. The van der Waals surface area contributed by atoms with Gasteiger partial charge in [-0.1, -0.05) is 31.5 Å². The van der Waals surface area contributed by atoms with E-state index in [1.807, 2.05) is 24.3 Å². The van der Waals surface area contributed by atoms with Gasteiger partial charge < -0.3 is 10.5 Å². The molecule has 1 heterocycles. The van der Waals surface area contributed by atoms with Crippen molar-refractivity contribution in [2.75, 3.05) is 0 Å². The van der Waals surface area contributed by atoms with Crippen LogP contribution in [-0.2, 0) is 13.0 Å². The highest BCUT2D eigenvalue weighted by atomic mass is 16.5. The molecule has 0 unspecified atom stereocenters. The second-order valence-electron chi connectivity index (χ2n) is 4.56. The van der Waals surface area contributed by atoms with Crippen molar-refractivity contribution in [1.29, 1.82) is 0 Å². The first kappa shape index (κ1) is 13.6. The van der Waals surface area contributed by atoms with Crippen molar-refractivity contribution >= 4 is 0 Å². The van der Waals surface area contributed by atoms with E-state index in [4.69, 9.17) is 10.5 Å². The Kier molecular flexibility index (Phi) is 4.93. The molecule has 0 radical (unpaired) electrons. The lowest BCUT2D eigenvalue weighted by atomic mass is 10.1. The number of nitrogens with two attached hydrogens (primary N) is 1. The Bertz CT molecular complexity index is 491. The summed E-state index contributed by atoms with van der Waals surface area (Å²) in [5, 5.41) is 0. The normalized spacial score (nSPS) is 10.4. The standard InChI is InChI=1S/C16H20N2O/c1-2-3-4-13-5-8-15(9-6-13)19-16-10-7-14(11-17)12-18-16/h5-10,12H,2-4,11,17H2,1H3. The zero-order valence-corrected chi connectivity index (χ0v) is 11.3. The van der Waals surface area contributed by atoms with Gasteiger partial charge in [-0.05, 0) is 36.1 Å². The molecule has 0 aliphatic carbocycles. The number of aryl methyl sites for hydroxylation is 1. The summed E-state index contributed by atoms with van der Waals surface area (Å²) in [6, 6.07) is 12.0. The van der Waals surface area contributed by atoms with Crippen LogP contribution in [0, 0.1) is 0 Å². The van der Waals surface area contributed by atoms with Gasteiger partial charge in [-0.2, -0.15) is 0 Å². The third kappa shape index (κ3) is 4.07. The van der Waals surface area contributed by atoms with Crippen LogP contribution in [0.4, 0.5) is 0 Å². The molecule has 3 nitrogen and oxygen atoms in total. The van der Waals surface area contributed by atoms with Gasteiger partial charge >= 0.3 is 0 Å². The van der Waals surface area contributed by atoms with E-state index in [2.05, 4.69) is 24.0 Å². The van der Waals surface area contributed by atoms with Crippen LogP contribution in [0.2, 0.25) is 0 Å². The monoisotopic (exact) mass is 256 g/mol. The second kappa shape index (κ2) is 6.90. The first-order valence-electron chi connectivity index (χ1n) is 6.73. The van der Waals surface area contributed by atoms with E-state index in [-0.39, 0.29) is 0 Å². The molecular weight excluding hydrogens is 236 g/mol. The first-order chi connectivity index (χ1) is 9.31. The number of pyridine rings is 1. The van der Waals surface area contributed by atoms with E-state index in [0.717, 1.165) is 17.7 Å². The molecule has 0 amide bonds. The average Bonchev–Trinajstić information content (AvgIpc) is 2.47. The number of hydrogen-bond donors (Lipinski definition) is 1. The summed E-state index contributed by atoms with van der Waals surface area (Å²) in [7, 11) is 0. The van der Waals surface area contributed by atoms with Crippen LogP contribution in [-0.4, -0.2) is 4.98 Å². The molecule has 0 saturated heterocycles. The predicted octanol–water partition coefficient (Wildman–Crippen LogP) is 3.68. The van der Waals surface area contributed by atoms with Gasteiger partial charge in [-0.25, -0.2) is 4.98 Å². The molecule has 0 spiro atoms. The van der Waals surface area contributed by atoms with E-state index in [1.165, 1.54) is 18.4 Å². The summed E-state index contributed by atoms with van der Waals surface area (Å²) in [6.07, 6.45) is 5.31. The average molecular weight is 256 g/mol. The second-order valence-corrected chi connectivity index (χ2v) is 4.56. The van der Waals surface area contributed by atoms with Crippen LogP contribution >= 0.6 is 0 Å². The molecule has 0 saturated carbocycles. The summed E-state index contributed by atoms with van der Waals surface area (Å²) >= 11 is 0. The van der Waals surface area contributed by atoms with Crippen LogP contribution < -0.4 is 10.5 Å². The van der Waals surface area contributed by atoms with Gasteiger partial charge in [-0.3, -0.25) is 0 Å². The Hall–Kier alpha value is -1.87. The number of aromatic nitrogens is 1. The summed E-state index contributed by atoms with van der Waals surface area (Å²) < 4.78 is 5.69. The topological polar surface area (TPSA) is 48.1 Å². The SMILES string of the molecule is CCCCc1ccc(Oc2ccc(CN)cn2)cc1. The van der Waals surface area contributed by atoms with Crippen LogP contribution in [0.1, 0.15) is 30.9 Å². The zero-order chi connectivity index (χ0) is 13.5. The highest BCUT2D eigenvalue weighted by Crippen LogP contribution is 2.20. The van der Waals surface area contributed by atoms with Crippen LogP contribution in [0.25, 0.3) is 0 Å². The molecule has 0 aliphatic rings. The summed E-state index contributed by atoms with van der Waals surface area (Å²) in [6.45, 7) is 2.70. The molecule has 1 aromatic carbocycles. The molecule has 2 aromatic rings. The highest BCUT2D eigenvalue weighted by molar-refractivity contribution is 5.31. The summed E-state index contributed by atoms with van der Waals surface area (Å²) in [4.78, 5) is 4.21. The molecule has 0 bridgehead atoms. The molecule has 0 atom stereocenters. The third-order valence-electron chi connectivity index (χ3n) is 3.00. The first-order valence-corrected chi connectivity index (χ1v) is 6.73. The van der Waals surface area contributed by atoms with Crippen LogP contribution in [0.15, 0.2) is 42.6 Å². The lowest BCUT2D eigenvalue weighted by Crippen LogP contribution is -1.97. The molecule has 0 aliphatic heterocycles. The van der Waals surface area contributed by atoms with E-state index in [9.17, 15) is 0 Å². The molecule has 2 N–H and O–H groups in total. The van der Waals surface area contributed by atoms with Crippen molar-refractivity contribution < 1.29 is 4.74 Å². The molecule has 19 heavy (non-hydrogen) atoms. The lowest BCUT2D eigenvalue weighted by Gasteiger charge is -2.06. The number of unbranched alkanes of at least 4 members (excludes halogenated alkanes) is 1. The van der Waals surface area contributed by atoms with Gasteiger partial charge in [0.15, 0.2) is 0 Å². The molecule has 3 heteroatoms. The fourth-order valence-corrected chi connectivity index (χ4v) is 1.82. The number of nitrogens with zero attached hydrogens (tertiary/aromatic N) is 1.